The van der Waals surface area contributed by atoms with Gasteiger partial charge in [0.25, 0.3) is 0 Å². The summed E-state index contributed by atoms with van der Waals surface area (Å²) in [4.78, 5) is 16.7. The minimum atomic E-state index is -0.0261. The summed E-state index contributed by atoms with van der Waals surface area (Å²) in [5.41, 5.74) is 1.38. The van der Waals surface area contributed by atoms with Gasteiger partial charge in [0.2, 0.25) is 5.91 Å². The van der Waals surface area contributed by atoms with E-state index in [0.717, 1.165) is 45.4 Å². The molecule has 1 aromatic rings. The number of carbonyl (C=O) groups is 1. The van der Waals surface area contributed by atoms with Crippen molar-refractivity contribution in [1.29, 1.82) is 0 Å². The van der Waals surface area contributed by atoms with E-state index in [9.17, 15) is 9.90 Å². The van der Waals surface area contributed by atoms with Gasteiger partial charge in [0.1, 0.15) is 0 Å². The molecule has 0 aromatic heterocycles. The first-order valence-corrected chi connectivity index (χ1v) is 9.26. The fraction of sp³-hybridized carbons (Fsp3) is 0.650. The lowest BCUT2D eigenvalue weighted by Crippen LogP contribution is -2.44. The molecule has 0 unspecified atom stereocenters. The van der Waals surface area contributed by atoms with Crippen molar-refractivity contribution in [2.45, 2.75) is 45.6 Å². The number of hydrogen-bond acceptors (Lipinski definition) is 3. The molecular formula is C20H32N2O2. The molecule has 0 radical (unpaired) electrons. The second kappa shape index (κ2) is 9.80. The van der Waals surface area contributed by atoms with E-state index in [-0.39, 0.29) is 18.6 Å². The van der Waals surface area contributed by atoms with Crippen molar-refractivity contribution < 1.29 is 9.90 Å². The molecular weight excluding hydrogens is 300 g/mol. The van der Waals surface area contributed by atoms with Gasteiger partial charge in [0, 0.05) is 26.1 Å². The zero-order chi connectivity index (χ0) is 17.4. The molecule has 4 nitrogen and oxygen atoms in total. The molecule has 1 N–H and O–H groups in total. The van der Waals surface area contributed by atoms with Crippen LogP contribution in [-0.2, 0) is 11.2 Å². The Morgan fingerprint density at radius 2 is 1.88 bits per heavy atom. The molecule has 0 bridgehead atoms. The fourth-order valence-electron chi connectivity index (χ4n) is 3.49. The van der Waals surface area contributed by atoms with E-state index in [1.165, 1.54) is 5.56 Å². The van der Waals surface area contributed by atoms with Crippen LogP contribution in [0.1, 0.15) is 38.7 Å². The maximum atomic E-state index is 12.4. The Balaban J connectivity index is 1.81. The van der Waals surface area contributed by atoms with Crippen molar-refractivity contribution in [3.8, 4) is 0 Å². The normalized spacial score (nSPS) is 18.0. The van der Waals surface area contributed by atoms with Gasteiger partial charge >= 0.3 is 0 Å². The van der Waals surface area contributed by atoms with Crippen LogP contribution in [-0.4, -0.2) is 59.6 Å². The van der Waals surface area contributed by atoms with Gasteiger partial charge in [-0.3, -0.25) is 4.79 Å². The molecule has 1 saturated heterocycles. The Morgan fingerprint density at radius 3 is 2.54 bits per heavy atom. The van der Waals surface area contributed by atoms with E-state index in [1.54, 1.807) is 0 Å². The smallest absolute Gasteiger partial charge is 0.224 e. The Morgan fingerprint density at radius 1 is 1.12 bits per heavy atom. The van der Waals surface area contributed by atoms with Gasteiger partial charge in [-0.2, -0.15) is 0 Å². The van der Waals surface area contributed by atoms with Crippen LogP contribution >= 0.6 is 0 Å². The molecule has 4 heteroatoms. The number of rotatable bonds is 8. The molecule has 0 saturated carbocycles. The summed E-state index contributed by atoms with van der Waals surface area (Å²) < 4.78 is 0. The lowest BCUT2D eigenvalue weighted by Gasteiger charge is -2.31. The summed E-state index contributed by atoms with van der Waals surface area (Å²) in [5, 5.41) is 9.66. The standard InChI is InChI=1S/C20H32N2O2/c1-17(2)15-19(16-23)22-14-13-21(12-10-20(22)24)11-6-9-18-7-4-3-5-8-18/h3-5,7-8,17,19,23H,6,9-16H2,1-2H3/t19-/m0/s1. The molecule has 1 heterocycles. The molecule has 1 aliphatic heterocycles. The number of benzene rings is 1. The van der Waals surface area contributed by atoms with E-state index in [2.05, 4.69) is 43.0 Å². The molecule has 0 aliphatic carbocycles. The van der Waals surface area contributed by atoms with E-state index in [4.69, 9.17) is 0 Å². The number of nitrogens with zero attached hydrogens (tertiary/aromatic N) is 2. The Hall–Kier alpha value is -1.39. The van der Waals surface area contributed by atoms with Crippen molar-refractivity contribution in [1.82, 2.24) is 9.80 Å². The molecule has 1 amide bonds. The number of hydrogen-bond donors (Lipinski definition) is 1. The monoisotopic (exact) mass is 332 g/mol. The highest BCUT2D eigenvalue weighted by Gasteiger charge is 2.27. The average Bonchev–Trinajstić information content (AvgIpc) is 2.76. The summed E-state index contributed by atoms with van der Waals surface area (Å²) in [6.07, 6.45) is 3.64. The molecule has 1 aliphatic rings. The molecule has 1 fully saturated rings. The van der Waals surface area contributed by atoms with Gasteiger partial charge in [0.05, 0.1) is 12.6 Å². The van der Waals surface area contributed by atoms with Crippen LogP contribution in [0.2, 0.25) is 0 Å². The van der Waals surface area contributed by atoms with Crippen molar-refractivity contribution in [3.05, 3.63) is 35.9 Å². The number of aryl methyl sites for hydroxylation is 1. The fourth-order valence-corrected chi connectivity index (χ4v) is 3.49. The molecule has 2 rings (SSSR count). The summed E-state index contributed by atoms with van der Waals surface area (Å²) >= 11 is 0. The second-order valence-electron chi connectivity index (χ2n) is 7.23. The van der Waals surface area contributed by atoms with E-state index in [1.807, 2.05) is 11.0 Å². The minimum Gasteiger partial charge on any atom is -0.394 e. The van der Waals surface area contributed by atoms with Crippen molar-refractivity contribution in [3.63, 3.8) is 0 Å². The predicted octanol–water partition coefficient (Wildman–Crippen LogP) is 2.56. The first-order valence-electron chi connectivity index (χ1n) is 9.26. The average molecular weight is 332 g/mol. The highest BCUT2D eigenvalue weighted by atomic mass is 16.3. The van der Waals surface area contributed by atoms with Crippen LogP contribution in [0, 0.1) is 5.92 Å². The number of carbonyl (C=O) groups excluding carboxylic acids is 1. The number of aliphatic hydroxyl groups excluding tert-OH is 1. The Labute approximate surface area is 146 Å². The van der Waals surface area contributed by atoms with Gasteiger partial charge < -0.3 is 14.9 Å². The summed E-state index contributed by atoms with van der Waals surface area (Å²) in [7, 11) is 0. The zero-order valence-corrected chi connectivity index (χ0v) is 15.2. The van der Waals surface area contributed by atoms with Crippen LogP contribution in [0.5, 0.6) is 0 Å². The van der Waals surface area contributed by atoms with Crippen LogP contribution < -0.4 is 0 Å². The predicted molar refractivity (Wildman–Crippen MR) is 97.9 cm³/mol. The van der Waals surface area contributed by atoms with Crippen LogP contribution in [0.25, 0.3) is 0 Å². The third-order valence-corrected chi connectivity index (χ3v) is 4.80. The minimum absolute atomic E-state index is 0.0261. The van der Waals surface area contributed by atoms with E-state index in [0.29, 0.717) is 12.3 Å². The SMILES string of the molecule is CC(C)C[C@@H](CO)N1CCN(CCCc2ccccc2)CCC1=O. The van der Waals surface area contributed by atoms with Gasteiger partial charge in [-0.05, 0) is 37.3 Å². The maximum Gasteiger partial charge on any atom is 0.224 e. The van der Waals surface area contributed by atoms with Gasteiger partial charge in [-0.1, -0.05) is 44.2 Å². The lowest BCUT2D eigenvalue weighted by atomic mass is 10.0. The highest BCUT2D eigenvalue weighted by Crippen LogP contribution is 2.15. The van der Waals surface area contributed by atoms with Crippen molar-refractivity contribution >= 4 is 5.91 Å². The van der Waals surface area contributed by atoms with Crippen molar-refractivity contribution in [2.24, 2.45) is 5.92 Å². The van der Waals surface area contributed by atoms with Gasteiger partial charge in [0.15, 0.2) is 0 Å². The quantitative estimate of drug-likeness (QED) is 0.796. The molecule has 0 spiro atoms. The summed E-state index contributed by atoms with van der Waals surface area (Å²) in [6.45, 7) is 7.87. The highest BCUT2D eigenvalue weighted by molar-refractivity contribution is 5.77. The van der Waals surface area contributed by atoms with E-state index >= 15 is 0 Å². The first kappa shape index (κ1) is 18.9. The third-order valence-electron chi connectivity index (χ3n) is 4.80. The second-order valence-corrected chi connectivity index (χ2v) is 7.23. The largest absolute Gasteiger partial charge is 0.394 e. The summed E-state index contributed by atoms with van der Waals surface area (Å²) in [6, 6.07) is 10.5. The molecule has 24 heavy (non-hydrogen) atoms. The lowest BCUT2D eigenvalue weighted by molar-refractivity contribution is -0.133. The van der Waals surface area contributed by atoms with Crippen LogP contribution in [0.15, 0.2) is 30.3 Å². The Bertz CT molecular complexity index is 490. The number of aliphatic hydroxyl groups is 1. The van der Waals surface area contributed by atoms with Gasteiger partial charge in [-0.25, -0.2) is 0 Å². The molecule has 134 valence electrons. The van der Waals surface area contributed by atoms with Crippen LogP contribution in [0.3, 0.4) is 0 Å². The first-order chi connectivity index (χ1) is 11.6. The van der Waals surface area contributed by atoms with Crippen molar-refractivity contribution in [2.75, 3.05) is 32.8 Å². The Kier molecular flexibility index (Phi) is 7.73. The third kappa shape index (κ3) is 5.91. The van der Waals surface area contributed by atoms with E-state index < -0.39 is 0 Å². The number of amides is 1. The van der Waals surface area contributed by atoms with Crippen LogP contribution in [0.4, 0.5) is 0 Å². The maximum absolute atomic E-state index is 12.4. The molecule has 1 aromatic carbocycles. The van der Waals surface area contributed by atoms with Gasteiger partial charge in [-0.15, -0.1) is 0 Å². The summed E-state index contributed by atoms with van der Waals surface area (Å²) in [5.74, 6) is 0.681. The molecule has 1 atom stereocenters. The zero-order valence-electron chi connectivity index (χ0n) is 15.2. The topological polar surface area (TPSA) is 43.8 Å².